The number of esters is 1. The Bertz CT molecular complexity index is 972. The molecule has 0 saturated heterocycles. The van der Waals surface area contributed by atoms with Gasteiger partial charge in [-0.2, -0.15) is 0 Å². The average Bonchev–Trinajstić information content (AvgIpc) is 3.13. The monoisotopic (exact) mass is 425 g/mol. The number of hydrogen-bond donors (Lipinski definition) is 1. The number of halogens is 2. The van der Waals surface area contributed by atoms with Crippen LogP contribution < -0.4 is 14.8 Å². The molecule has 0 fully saturated rings. The van der Waals surface area contributed by atoms with Gasteiger partial charge in [-0.05, 0) is 32.0 Å². The van der Waals surface area contributed by atoms with Crippen LogP contribution in [0.4, 0.5) is 14.5 Å². The Balaban J connectivity index is 1.43. The second-order valence-corrected chi connectivity index (χ2v) is 7.75. The summed E-state index contributed by atoms with van der Waals surface area (Å²) in [6.45, 7) is 3.16. The van der Waals surface area contributed by atoms with E-state index in [0.29, 0.717) is 5.56 Å². The molecule has 1 aromatic carbocycles. The van der Waals surface area contributed by atoms with E-state index in [9.17, 15) is 23.2 Å². The third-order valence-corrected chi connectivity index (χ3v) is 4.91. The minimum atomic E-state index is -3.75. The van der Waals surface area contributed by atoms with Crippen LogP contribution in [-0.2, 0) is 14.3 Å². The first-order valence-corrected chi connectivity index (χ1v) is 9.40. The molecule has 1 aliphatic rings. The molecule has 1 aromatic heterocycles. The number of ether oxygens (including phenoxy) is 3. The van der Waals surface area contributed by atoms with Crippen LogP contribution in [0, 0.1) is 13.8 Å². The van der Waals surface area contributed by atoms with E-state index in [1.165, 1.54) is 29.5 Å². The number of fused-ring (bicyclic) bond motifs is 1. The Kier molecular flexibility index (Phi) is 5.83. The molecule has 1 amide bonds. The van der Waals surface area contributed by atoms with E-state index in [1.807, 2.05) is 13.8 Å². The largest absolute Gasteiger partial charge is 0.586 e. The lowest BCUT2D eigenvalue weighted by Crippen LogP contribution is -2.25. The number of alkyl halides is 2. The van der Waals surface area contributed by atoms with Crippen LogP contribution in [0.5, 0.6) is 11.5 Å². The zero-order chi connectivity index (χ0) is 21.2. The second-order valence-electron chi connectivity index (χ2n) is 6.29. The third-order valence-electron chi connectivity index (χ3n) is 3.95. The van der Waals surface area contributed by atoms with Crippen LogP contribution in [0.25, 0.3) is 0 Å². The highest BCUT2D eigenvalue weighted by Gasteiger charge is 2.43. The van der Waals surface area contributed by atoms with Crippen molar-refractivity contribution in [2.24, 2.45) is 0 Å². The summed E-state index contributed by atoms with van der Waals surface area (Å²) in [5.74, 6) is -1.89. The van der Waals surface area contributed by atoms with Crippen molar-refractivity contribution in [2.75, 3.05) is 11.9 Å². The first kappa shape index (κ1) is 20.7. The highest BCUT2D eigenvalue weighted by atomic mass is 32.1. The summed E-state index contributed by atoms with van der Waals surface area (Å²) in [4.78, 5) is 37.7. The van der Waals surface area contributed by atoms with Crippen LogP contribution in [0.1, 0.15) is 33.0 Å². The number of anilines is 1. The number of carbonyl (C=O) groups excluding carboxylic acids is 3. The Morgan fingerprint density at radius 3 is 2.52 bits per heavy atom. The molecule has 29 heavy (non-hydrogen) atoms. The summed E-state index contributed by atoms with van der Waals surface area (Å²) in [6, 6.07) is 5.51. The van der Waals surface area contributed by atoms with Crippen molar-refractivity contribution in [1.29, 1.82) is 0 Å². The van der Waals surface area contributed by atoms with Gasteiger partial charge in [0.1, 0.15) is 0 Å². The molecular weight excluding hydrogens is 408 g/mol. The predicted octanol–water partition coefficient (Wildman–Crippen LogP) is 3.83. The molecule has 0 saturated carbocycles. The Morgan fingerprint density at radius 2 is 1.83 bits per heavy atom. The van der Waals surface area contributed by atoms with Gasteiger partial charge in [0.25, 0.3) is 5.91 Å². The van der Waals surface area contributed by atoms with Gasteiger partial charge in [0.2, 0.25) is 0 Å². The fraction of sp³-hybridized carbons (Fsp3) is 0.316. The molecular formula is C19H17F2NO6S. The number of aryl methyl sites for hydroxylation is 2. The van der Waals surface area contributed by atoms with Crippen molar-refractivity contribution in [3.8, 4) is 11.5 Å². The van der Waals surface area contributed by atoms with Gasteiger partial charge in [-0.25, -0.2) is 0 Å². The lowest BCUT2D eigenvalue weighted by atomic mass is 10.1. The van der Waals surface area contributed by atoms with Gasteiger partial charge in [0.05, 0.1) is 6.42 Å². The molecule has 2 aromatic rings. The SMILES string of the molecule is Cc1cc(C(=O)CCC(=O)OCC(=O)Nc2ccc3c(c2)OC(F)(F)O3)c(C)s1. The molecule has 0 spiro atoms. The minimum Gasteiger partial charge on any atom is -0.456 e. The normalized spacial score (nSPS) is 13.8. The number of carbonyl (C=O) groups is 3. The summed E-state index contributed by atoms with van der Waals surface area (Å²) in [5.41, 5.74) is 0.760. The van der Waals surface area contributed by atoms with Crippen LogP contribution in [0.15, 0.2) is 24.3 Å². The molecule has 0 unspecified atom stereocenters. The molecule has 2 heterocycles. The maximum absolute atomic E-state index is 13.0. The smallest absolute Gasteiger partial charge is 0.456 e. The van der Waals surface area contributed by atoms with E-state index < -0.39 is 24.8 Å². The molecule has 7 nitrogen and oxygen atoms in total. The van der Waals surface area contributed by atoms with Crippen LogP contribution in [0.2, 0.25) is 0 Å². The number of thiophene rings is 1. The maximum atomic E-state index is 13.0. The Morgan fingerprint density at radius 1 is 1.10 bits per heavy atom. The zero-order valence-electron chi connectivity index (χ0n) is 15.5. The standard InChI is InChI=1S/C19H17F2NO6S/c1-10-7-13(11(2)29-10)14(23)4-6-18(25)26-9-17(24)22-12-3-5-15-16(8-12)28-19(20,21)27-15/h3,5,7-8H,4,6,9H2,1-2H3,(H,22,24). The van der Waals surface area contributed by atoms with Crippen molar-refractivity contribution in [1.82, 2.24) is 0 Å². The molecule has 1 aliphatic heterocycles. The van der Waals surface area contributed by atoms with Crippen molar-refractivity contribution >= 4 is 34.7 Å². The quantitative estimate of drug-likeness (QED) is 0.536. The molecule has 0 radical (unpaired) electrons. The predicted molar refractivity (Wildman–Crippen MR) is 99.6 cm³/mol. The topological polar surface area (TPSA) is 90.9 Å². The van der Waals surface area contributed by atoms with Gasteiger partial charge in [-0.1, -0.05) is 0 Å². The van der Waals surface area contributed by atoms with E-state index in [0.717, 1.165) is 9.75 Å². The van der Waals surface area contributed by atoms with Crippen LogP contribution in [0.3, 0.4) is 0 Å². The summed E-state index contributed by atoms with van der Waals surface area (Å²) in [6.07, 6.45) is -3.93. The number of benzene rings is 1. The van der Waals surface area contributed by atoms with E-state index in [-0.39, 0.29) is 35.8 Å². The molecule has 1 N–H and O–H groups in total. The summed E-state index contributed by atoms with van der Waals surface area (Å²) >= 11 is 1.51. The first-order valence-electron chi connectivity index (χ1n) is 8.58. The lowest BCUT2D eigenvalue weighted by molar-refractivity contribution is -0.286. The van der Waals surface area contributed by atoms with Gasteiger partial charge in [-0.15, -0.1) is 20.1 Å². The first-order chi connectivity index (χ1) is 13.6. The van der Waals surface area contributed by atoms with Crippen LogP contribution >= 0.6 is 11.3 Å². The Labute approximate surface area is 168 Å². The molecule has 0 bridgehead atoms. The maximum Gasteiger partial charge on any atom is 0.586 e. The average molecular weight is 425 g/mol. The fourth-order valence-corrected chi connectivity index (χ4v) is 3.64. The number of ketones is 1. The van der Waals surface area contributed by atoms with Gasteiger partial charge in [0, 0.05) is 33.5 Å². The highest BCUT2D eigenvalue weighted by molar-refractivity contribution is 7.12. The van der Waals surface area contributed by atoms with E-state index in [4.69, 9.17) is 4.74 Å². The van der Waals surface area contributed by atoms with E-state index >= 15 is 0 Å². The number of Topliss-reactive ketones (excluding diaryl/α,β-unsaturated/α-hetero) is 1. The molecule has 0 atom stereocenters. The van der Waals surface area contributed by atoms with Gasteiger partial charge >= 0.3 is 12.3 Å². The highest BCUT2D eigenvalue weighted by Crippen LogP contribution is 2.42. The van der Waals surface area contributed by atoms with Gasteiger partial charge in [0.15, 0.2) is 23.9 Å². The van der Waals surface area contributed by atoms with Crippen molar-refractivity contribution in [2.45, 2.75) is 33.0 Å². The minimum absolute atomic E-state index is 0.0200. The van der Waals surface area contributed by atoms with Gasteiger partial charge < -0.3 is 19.5 Å². The molecule has 3 rings (SSSR count). The van der Waals surface area contributed by atoms with E-state index in [2.05, 4.69) is 14.8 Å². The number of amides is 1. The Hall–Kier alpha value is -3.01. The van der Waals surface area contributed by atoms with Crippen molar-refractivity contribution < 1.29 is 37.4 Å². The summed E-state index contributed by atoms with van der Waals surface area (Å²) < 4.78 is 39.4. The summed E-state index contributed by atoms with van der Waals surface area (Å²) in [5, 5.41) is 2.39. The van der Waals surface area contributed by atoms with Crippen LogP contribution in [-0.4, -0.2) is 30.6 Å². The number of hydrogen-bond acceptors (Lipinski definition) is 7. The molecule has 0 aliphatic carbocycles. The second kappa shape index (κ2) is 8.16. The number of rotatable bonds is 7. The third kappa shape index (κ3) is 5.29. The van der Waals surface area contributed by atoms with Gasteiger partial charge in [-0.3, -0.25) is 14.4 Å². The summed E-state index contributed by atoms with van der Waals surface area (Å²) in [7, 11) is 0. The zero-order valence-corrected chi connectivity index (χ0v) is 16.4. The molecule has 154 valence electrons. The lowest BCUT2D eigenvalue weighted by Gasteiger charge is -2.07. The van der Waals surface area contributed by atoms with E-state index in [1.54, 1.807) is 6.07 Å². The number of nitrogens with one attached hydrogen (secondary N) is 1. The van der Waals surface area contributed by atoms with Crippen molar-refractivity contribution in [3.05, 3.63) is 39.6 Å². The van der Waals surface area contributed by atoms with Crippen molar-refractivity contribution in [3.63, 3.8) is 0 Å². The molecule has 10 heteroatoms. The fourth-order valence-electron chi connectivity index (χ4n) is 2.70.